The maximum atomic E-state index is 12.3. The summed E-state index contributed by atoms with van der Waals surface area (Å²) in [6, 6.07) is 5.62. The van der Waals surface area contributed by atoms with Crippen LogP contribution >= 0.6 is 0 Å². The highest BCUT2D eigenvalue weighted by Crippen LogP contribution is 2.29. The van der Waals surface area contributed by atoms with Gasteiger partial charge in [-0.15, -0.1) is 0 Å². The van der Waals surface area contributed by atoms with Gasteiger partial charge in [-0.05, 0) is 77.6 Å². The molecule has 0 saturated carbocycles. The van der Waals surface area contributed by atoms with Gasteiger partial charge in [0.1, 0.15) is 11.4 Å². The van der Waals surface area contributed by atoms with E-state index in [4.69, 9.17) is 14.2 Å². The molecular formula is C21H32O5. The molecule has 1 aromatic carbocycles. The number of aryl methyl sites for hydroxylation is 1. The van der Waals surface area contributed by atoms with Crippen LogP contribution in [0.3, 0.4) is 0 Å². The highest BCUT2D eigenvalue weighted by molar-refractivity contribution is 5.79. The summed E-state index contributed by atoms with van der Waals surface area (Å²) in [5, 5.41) is 0. The number of hydrogen-bond donors (Lipinski definition) is 0. The van der Waals surface area contributed by atoms with Crippen molar-refractivity contribution in [2.24, 2.45) is 0 Å². The molecule has 1 aromatic rings. The van der Waals surface area contributed by atoms with Crippen LogP contribution in [0.1, 0.15) is 71.9 Å². The van der Waals surface area contributed by atoms with Gasteiger partial charge in [0.15, 0.2) is 5.60 Å². The molecule has 0 aliphatic heterocycles. The van der Waals surface area contributed by atoms with Crippen LogP contribution in [0.25, 0.3) is 0 Å². The average molecular weight is 364 g/mol. The van der Waals surface area contributed by atoms with E-state index in [1.807, 2.05) is 52.8 Å². The molecule has 26 heavy (non-hydrogen) atoms. The summed E-state index contributed by atoms with van der Waals surface area (Å²) in [5.41, 5.74) is 0.386. The first-order valence-electron chi connectivity index (χ1n) is 9.04. The average Bonchev–Trinajstić information content (AvgIpc) is 2.44. The molecule has 146 valence electrons. The van der Waals surface area contributed by atoms with Crippen molar-refractivity contribution in [2.45, 2.75) is 78.9 Å². The second-order valence-electron chi connectivity index (χ2n) is 8.04. The first kappa shape index (κ1) is 22.0. The number of hydrogen-bond acceptors (Lipinski definition) is 5. The van der Waals surface area contributed by atoms with Crippen molar-refractivity contribution in [3.05, 3.63) is 29.3 Å². The second-order valence-corrected chi connectivity index (χ2v) is 8.04. The molecule has 5 heteroatoms. The molecule has 5 nitrogen and oxygen atoms in total. The Balaban J connectivity index is 2.86. The zero-order valence-electron chi connectivity index (χ0n) is 17.3. The topological polar surface area (TPSA) is 61.8 Å². The van der Waals surface area contributed by atoms with E-state index in [2.05, 4.69) is 0 Å². The monoisotopic (exact) mass is 364 g/mol. The summed E-state index contributed by atoms with van der Waals surface area (Å²) in [6.07, 6.45) is 0.332. The number of carbonyl (C=O) groups is 2. The number of esters is 2. The molecule has 1 unspecified atom stereocenters. The summed E-state index contributed by atoms with van der Waals surface area (Å²) in [6.45, 7) is 15.0. The Bertz CT molecular complexity index is 640. The van der Waals surface area contributed by atoms with Crippen molar-refractivity contribution in [1.82, 2.24) is 0 Å². The van der Waals surface area contributed by atoms with E-state index in [0.717, 1.165) is 11.1 Å². The van der Waals surface area contributed by atoms with Gasteiger partial charge in [0.2, 0.25) is 0 Å². The van der Waals surface area contributed by atoms with Gasteiger partial charge in [-0.25, -0.2) is 4.79 Å². The molecule has 0 spiro atoms. The largest absolute Gasteiger partial charge is 0.476 e. The molecule has 0 radical (unpaired) electrons. The predicted octanol–water partition coefficient (Wildman–Crippen LogP) is 4.55. The zero-order valence-corrected chi connectivity index (χ0v) is 17.3. The van der Waals surface area contributed by atoms with Crippen LogP contribution in [0.4, 0.5) is 0 Å². The zero-order chi connectivity index (χ0) is 20.1. The SMILES string of the molecule is CCOC(=O)CC(C)c1ccc(OC(C)(C)C(=O)OC(C)(C)C)cc1C. The third-order valence-corrected chi connectivity index (χ3v) is 3.81. The molecule has 0 aromatic heterocycles. The van der Waals surface area contributed by atoms with Gasteiger partial charge in [-0.2, -0.15) is 0 Å². The molecule has 0 fully saturated rings. The third kappa shape index (κ3) is 6.70. The highest BCUT2D eigenvalue weighted by atomic mass is 16.6. The van der Waals surface area contributed by atoms with E-state index in [1.165, 1.54) is 0 Å². The molecule has 0 aliphatic rings. The molecular weight excluding hydrogens is 332 g/mol. The number of carbonyl (C=O) groups excluding carboxylic acids is 2. The van der Waals surface area contributed by atoms with Crippen molar-refractivity contribution < 1.29 is 23.8 Å². The van der Waals surface area contributed by atoms with Crippen LogP contribution in [0, 0.1) is 6.92 Å². The van der Waals surface area contributed by atoms with Gasteiger partial charge in [-0.3, -0.25) is 4.79 Å². The lowest BCUT2D eigenvalue weighted by molar-refractivity contribution is -0.171. The van der Waals surface area contributed by atoms with E-state index in [1.54, 1.807) is 20.8 Å². The third-order valence-electron chi connectivity index (χ3n) is 3.81. The maximum absolute atomic E-state index is 12.3. The van der Waals surface area contributed by atoms with Crippen molar-refractivity contribution in [3.8, 4) is 5.75 Å². The van der Waals surface area contributed by atoms with E-state index in [9.17, 15) is 9.59 Å². The Labute approximate surface area is 157 Å². The van der Waals surface area contributed by atoms with Crippen LogP contribution in [0.15, 0.2) is 18.2 Å². The van der Waals surface area contributed by atoms with Crippen molar-refractivity contribution in [1.29, 1.82) is 0 Å². The van der Waals surface area contributed by atoms with Crippen LogP contribution < -0.4 is 4.74 Å². The van der Waals surface area contributed by atoms with Crippen LogP contribution in [-0.4, -0.2) is 29.7 Å². The number of ether oxygens (including phenoxy) is 3. The Morgan fingerprint density at radius 3 is 2.23 bits per heavy atom. The van der Waals surface area contributed by atoms with Gasteiger partial charge in [0, 0.05) is 0 Å². The maximum Gasteiger partial charge on any atom is 0.350 e. The van der Waals surface area contributed by atoms with Crippen LogP contribution in [0.5, 0.6) is 5.75 Å². The summed E-state index contributed by atoms with van der Waals surface area (Å²) >= 11 is 0. The quantitative estimate of drug-likeness (QED) is 0.664. The molecule has 0 bridgehead atoms. The standard InChI is InChI=1S/C21H32O5/c1-9-24-18(22)13-15(3)17-11-10-16(12-14(17)2)25-21(7,8)19(23)26-20(4,5)6/h10-12,15H,9,13H2,1-8H3. The summed E-state index contributed by atoms with van der Waals surface area (Å²) in [5.74, 6) is 0.0144. The van der Waals surface area contributed by atoms with Gasteiger partial charge < -0.3 is 14.2 Å². The minimum atomic E-state index is -1.10. The fourth-order valence-corrected chi connectivity index (χ4v) is 2.58. The summed E-state index contributed by atoms with van der Waals surface area (Å²) in [4.78, 5) is 24.0. The van der Waals surface area contributed by atoms with Crippen molar-refractivity contribution in [3.63, 3.8) is 0 Å². The minimum absolute atomic E-state index is 0.0435. The molecule has 0 aliphatic carbocycles. The smallest absolute Gasteiger partial charge is 0.350 e. The lowest BCUT2D eigenvalue weighted by atomic mass is 9.93. The van der Waals surface area contributed by atoms with Gasteiger partial charge >= 0.3 is 11.9 Å². The highest BCUT2D eigenvalue weighted by Gasteiger charge is 2.34. The van der Waals surface area contributed by atoms with E-state index in [0.29, 0.717) is 18.8 Å². The van der Waals surface area contributed by atoms with E-state index in [-0.39, 0.29) is 11.9 Å². The summed E-state index contributed by atoms with van der Waals surface area (Å²) in [7, 11) is 0. The van der Waals surface area contributed by atoms with Gasteiger partial charge in [0.25, 0.3) is 0 Å². The van der Waals surface area contributed by atoms with Crippen LogP contribution in [-0.2, 0) is 19.1 Å². The van der Waals surface area contributed by atoms with Gasteiger partial charge in [0.05, 0.1) is 13.0 Å². The van der Waals surface area contributed by atoms with E-state index < -0.39 is 17.2 Å². The van der Waals surface area contributed by atoms with Crippen molar-refractivity contribution >= 4 is 11.9 Å². The molecule has 1 atom stereocenters. The van der Waals surface area contributed by atoms with Gasteiger partial charge in [-0.1, -0.05) is 13.0 Å². The number of rotatable bonds is 7. The fourth-order valence-electron chi connectivity index (χ4n) is 2.58. The fraction of sp³-hybridized carbons (Fsp3) is 0.619. The lowest BCUT2D eigenvalue weighted by Crippen LogP contribution is -2.43. The molecule has 1 rings (SSSR count). The van der Waals surface area contributed by atoms with Crippen molar-refractivity contribution in [2.75, 3.05) is 6.61 Å². The predicted molar refractivity (Wildman–Crippen MR) is 101 cm³/mol. The number of benzene rings is 1. The van der Waals surface area contributed by atoms with Crippen LogP contribution in [0.2, 0.25) is 0 Å². The molecule has 0 amide bonds. The second kappa shape index (κ2) is 8.56. The Kier molecular flexibility index (Phi) is 7.25. The molecule has 0 saturated heterocycles. The Morgan fingerprint density at radius 1 is 1.12 bits per heavy atom. The lowest BCUT2D eigenvalue weighted by Gasteiger charge is -2.29. The normalized spacial score (nSPS) is 13.1. The first-order valence-corrected chi connectivity index (χ1v) is 9.04. The Hall–Kier alpha value is -2.04. The molecule has 0 N–H and O–H groups in total. The Morgan fingerprint density at radius 2 is 1.73 bits per heavy atom. The van der Waals surface area contributed by atoms with E-state index >= 15 is 0 Å². The molecule has 0 heterocycles. The first-order chi connectivity index (χ1) is 11.9. The minimum Gasteiger partial charge on any atom is -0.476 e. The summed E-state index contributed by atoms with van der Waals surface area (Å²) < 4.78 is 16.3.